The molecule has 1 aromatic carbocycles. The molecule has 0 heterocycles. The van der Waals surface area contributed by atoms with Gasteiger partial charge in [-0.05, 0) is 30.2 Å². The molecule has 0 aliphatic heterocycles. The van der Waals surface area contributed by atoms with Crippen LogP contribution in [0.4, 0.5) is 22.0 Å². The van der Waals surface area contributed by atoms with Crippen molar-refractivity contribution in [1.82, 2.24) is 0 Å². The summed E-state index contributed by atoms with van der Waals surface area (Å²) >= 11 is 0. The van der Waals surface area contributed by atoms with Crippen LogP contribution >= 0.6 is 0 Å². The van der Waals surface area contributed by atoms with E-state index < -0.39 is 30.5 Å². The van der Waals surface area contributed by atoms with Crippen molar-refractivity contribution < 1.29 is 26.7 Å². The van der Waals surface area contributed by atoms with Crippen molar-refractivity contribution in [3.63, 3.8) is 0 Å². The minimum absolute atomic E-state index is 0.0121. The lowest BCUT2D eigenvalue weighted by Crippen LogP contribution is -2.31. The van der Waals surface area contributed by atoms with Gasteiger partial charge in [0.2, 0.25) is 0 Å². The average Bonchev–Trinajstić information content (AvgIpc) is 2.21. The third-order valence-corrected chi connectivity index (χ3v) is 2.09. The highest BCUT2D eigenvalue weighted by Crippen LogP contribution is 2.15. The standard InChI is InChI=1S/C11H12F5NO/c12-8-1-2-10(13)7(3-8)4-9(17)5-18-6-11(14,15)16/h1-3,9H,4-6,17H2. The number of benzene rings is 1. The van der Waals surface area contributed by atoms with Crippen LogP contribution in [0.15, 0.2) is 18.2 Å². The Bertz CT molecular complexity index is 394. The smallest absolute Gasteiger partial charge is 0.370 e. The molecule has 2 N–H and O–H groups in total. The van der Waals surface area contributed by atoms with E-state index in [4.69, 9.17) is 5.73 Å². The van der Waals surface area contributed by atoms with Gasteiger partial charge in [0.25, 0.3) is 0 Å². The quantitative estimate of drug-likeness (QED) is 0.833. The lowest BCUT2D eigenvalue weighted by atomic mass is 10.1. The fourth-order valence-electron chi connectivity index (χ4n) is 1.37. The van der Waals surface area contributed by atoms with Crippen molar-refractivity contribution in [3.8, 4) is 0 Å². The zero-order valence-electron chi connectivity index (χ0n) is 9.31. The van der Waals surface area contributed by atoms with Gasteiger partial charge in [-0.15, -0.1) is 0 Å². The Morgan fingerprint density at radius 3 is 2.50 bits per heavy atom. The number of nitrogens with two attached hydrogens (primary N) is 1. The summed E-state index contributed by atoms with van der Waals surface area (Å²) in [6.45, 7) is -1.79. The van der Waals surface area contributed by atoms with Gasteiger partial charge in [-0.3, -0.25) is 0 Å². The number of alkyl halides is 3. The molecule has 1 rings (SSSR count). The van der Waals surface area contributed by atoms with Gasteiger partial charge in [-0.2, -0.15) is 13.2 Å². The lowest BCUT2D eigenvalue weighted by molar-refractivity contribution is -0.174. The molecule has 102 valence electrons. The second-order valence-corrected chi connectivity index (χ2v) is 3.83. The molecule has 1 aromatic rings. The number of halogens is 5. The van der Waals surface area contributed by atoms with Crippen LogP contribution in [0.5, 0.6) is 0 Å². The van der Waals surface area contributed by atoms with Crippen molar-refractivity contribution in [2.45, 2.75) is 18.6 Å². The van der Waals surface area contributed by atoms with E-state index in [2.05, 4.69) is 4.74 Å². The third kappa shape index (κ3) is 5.42. The molecule has 18 heavy (non-hydrogen) atoms. The van der Waals surface area contributed by atoms with Crippen LogP contribution in [0.2, 0.25) is 0 Å². The minimum Gasteiger partial charge on any atom is -0.370 e. The minimum atomic E-state index is -4.43. The summed E-state index contributed by atoms with van der Waals surface area (Å²) in [6.07, 6.45) is -4.52. The van der Waals surface area contributed by atoms with Gasteiger partial charge in [-0.25, -0.2) is 8.78 Å². The van der Waals surface area contributed by atoms with E-state index in [1.54, 1.807) is 0 Å². The van der Waals surface area contributed by atoms with Crippen LogP contribution in [-0.4, -0.2) is 25.4 Å². The van der Waals surface area contributed by atoms with Crippen LogP contribution in [0, 0.1) is 11.6 Å². The van der Waals surface area contributed by atoms with Gasteiger partial charge < -0.3 is 10.5 Å². The Hall–Kier alpha value is -1.21. The predicted molar refractivity (Wildman–Crippen MR) is 54.9 cm³/mol. The first-order chi connectivity index (χ1) is 8.28. The first-order valence-corrected chi connectivity index (χ1v) is 5.12. The highest BCUT2D eigenvalue weighted by Gasteiger charge is 2.27. The zero-order chi connectivity index (χ0) is 13.8. The largest absolute Gasteiger partial charge is 0.411 e. The van der Waals surface area contributed by atoms with Crippen molar-refractivity contribution in [3.05, 3.63) is 35.4 Å². The summed E-state index contributed by atoms with van der Waals surface area (Å²) < 4.78 is 65.7. The van der Waals surface area contributed by atoms with Gasteiger partial charge in [0.1, 0.15) is 18.2 Å². The Kier molecular flexibility index (Phi) is 5.03. The van der Waals surface area contributed by atoms with Crippen molar-refractivity contribution in [2.24, 2.45) is 5.73 Å². The monoisotopic (exact) mass is 269 g/mol. The fourth-order valence-corrected chi connectivity index (χ4v) is 1.37. The molecule has 0 saturated carbocycles. The summed E-state index contributed by atoms with van der Waals surface area (Å²) in [6, 6.07) is 2.01. The summed E-state index contributed by atoms with van der Waals surface area (Å²) in [4.78, 5) is 0. The average molecular weight is 269 g/mol. The topological polar surface area (TPSA) is 35.2 Å². The second-order valence-electron chi connectivity index (χ2n) is 3.83. The second kappa shape index (κ2) is 6.10. The van der Waals surface area contributed by atoms with Crippen LogP contribution in [0.1, 0.15) is 5.56 Å². The molecule has 0 aliphatic rings. The molecule has 2 nitrogen and oxygen atoms in total. The van der Waals surface area contributed by atoms with Crippen LogP contribution in [0.3, 0.4) is 0 Å². The first-order valence-electron chi connectivity index (χ1n) is 5.12. The summed E-state index contributed by atoms with van der Waals surface area (Å²) in [5, 5.41) is 0. The summed E-state index contributed by atoms with van der Waals surface area (Å²) in [5.74, 6) is -1.28. The SMILES string of the molecule is NC(COCC(F)(F)F)Cc1cc(F)ccc1F. The zero-order valence-corrected chi connectivity index (χ0v) is 9.31. The highest BCUT2D eigenvalue weighted by molar-refractivity contribution is 5.19. The Morgan fingerprint density at radius 1 is 1.22 bits per heavy atom. The summed E-state index contributed by atoms with van der Waals surface area (Å²) in [5.41, 5.74) is 5.48. The molecule has 0 saturated heterocycles. The van der Waals surface area contributed by atoms with E-state index in [0.717, 1.165) is 18.2 Å². The molecule has 0 amide bonds. The molecule has 0 bridgehead atoms. The molecule has 0 aliphatic carbocycles. The molecular weight excluding hydrogens is 257 g/mol. The van der Waals surface area contributed by atoms with E-state index in [9.17, 15) is 22.0 Å². The molecule has 0 aromatic heterocycles. The molecular formula is C11H12F5NO. The number of ether oxygens (including phenoxy) is 1. The van der Waals surface area contributed by atoms with E-state index in [0.29, 0.717) is 0 Å². The van der Waals surface area contributed by atoms with E-state index >= 15 is 0 Å². The van der Waals surface area contributed by atoms with Crippen molar-refractivity contribution >= 4 is 0 Å². The van der Waals surface area contributed by atoms with Crippen LogP contribution in [-0.2, 0) is 11.2 Å². The summed E-state index contributed by atoms with van der Waals surface area (Å²) in [7, 11) is 0. The molecule has 1 atom stereocenters. The number of hydrogen-bond donors (Lipinski definition) is 1. The normalized spacial score (nSPS) is 13.7. The predicted octanol–water partition coefficient (Wildman–Crippen LogP) is 2.41. The van der Waals surface area contributed by atoms with Gasteiger partial charge in [0.05, 0.1) is 6.61 Å². The van der Waals surface area contributed by atoms with E-state index in [-0.39, 0.29) is 18.6 Å². The Labute approximate surface area is 101 Å². The highest BCUT2D eigenvalue weighted by atomic mass is 19.4. The maximum atomic E-state index is 13.2. The molecule has 1 unspecified atom stereocenters. The molecule has 7 heteroatoms. The fraction of sp³-hybridized carbons (Fsp3) is 0.455. The molecule has 0 spiro atoms. The van der Waals surface area contributed by atoms with Crippen molar-refractivity contribution in [1.29, 1.82) is 0 Å². The number of rotatable bonds is 5. The molecule has 0 radical (unpaired) electrons. The number of hydrogen-bond acceptors (Lipinski definition) is 2. The van der Waals surface area contributed by atoms with E-state index in [1.807, 2.05) is 0 Å². The molecule has 0 fully saturated rings. The van der Waals surface area contributed by atoms with Gasteiger partial charge >= 0.3 is 6.18 Å². The van der Waals surface area contributed by atoms with Gasteiger partial charge in [0.15, 0.2) is 0 Å². The van der Waals surface area contributed by atoms with Crippen LogP contribution < -0.4 is 5.73 Å². The van der Waals surface area contributed by atoms with E-state index in [1.165, 1.54) is 0 Å². The van der Waals surface area contributed by atoms with Gasteiger partial charge in [0, 0.05) is 6.04 Å². The third-order valence-electron chi connectivity index (χ3n) is 2.09. The van der Waals surface area contributed by atoms with Crippen molar-refractivity contribution in [2.75, 3.05) is 13.2 Å². The lowest BCUT2D eigenvalue weighted by Gasteiger charge is -2.14. The maximum Gasteiger partial charge on any atom is 0.411 e. The maximum absolute atomic E-state index is 13.2. The first kappa shape index (κ1) is 14.8. The Morgan fingerprint density at radius 2 is 1.89 bits per heavy atom. The van der Waals surface area contributed by atoms with Crippen LogP contribution in [0.25, 0.3) is 0 Å². The van der Waals surface area contributed by atoms with Gasteiger partial charge in [-0.1, -0.05) is 0 Å². The Balaban J connectivity index is 2.44.